The van der Waals surface area contributed by atoms with Crippen LogP contribution in [0.3, 0.4) is 0 Å². The van der Waals surface area contributed by atoms with Crippen LogP contribution in [0.25, 0.3) is 0 Å². The second-order valence-corrected chi connectivity index (χ2v) is 7.95. The van der Waals surface area contributed by atoms with Gasteiger partial charge in [-0.15, -0.1) is 11.3 Å². The van der Waals surface area contributed by atoms with Crippen LogP contribution in [-0.2, 0) is 0 Å². The molecule has 0 atom stereocenters. The maximum atomic E-state index is 12.6. The molecule has 1 aliphatic heterocycles. The van der Waals surface area contributed by atoms with Gasteiger partial charge in [0.05, 0.1) is 17.5 Å². The molecule has 6 heteroatoms. The maximum absolute atomic E-state index is 12.6. The predicted octanol–water partition coefficient (Wildman–Crippen LogP) is 4.23. The molecule has 5 nitrogen and oxygen atoms in total. The van der Waals surface area contributed by atoms with E-state index in [1.807, 2.05) is 27.7 Å². The van der Waals surface area contributed by atoms with Crippen LogP contribution in [0.5, 0.6) is 5.75 Å². The van der Waals surface area contributed by atoms with E-state index in [1.165, 1.54) is 11.3 Å². The van der Waals surface area contributed by atoms with Crippen molar-refractivity contribution in [1.29, 1.82) is 5.26 Å². The van der Waals surface area contributed by atoms with Gasteiger partial charge in [0.2, 0.25) is 0 Å². The molecule has 1 aromatic carbocycles. The van der Waals surface area contributed by atoms with E-state index in [1.54, 1.807) is 18.2 Å². The van der Waals surface area contributed by atoms with E-state index in [4.69, 9.17) is 4.74 Å². The number of hydrogen-bond acceptors (Lipinski definition) is 5. The van der Waals surface area contributed by atoms with Crippen molar-refractivity contribution in [3.05, 3.63) is 45.3 Å². The summed E-state index contributed by atoms with van der Waals surface area (Å²) in [5.41, 5.74) is 1.60. The van der Waals surface area contributed by atoms with Gasteiger partial charge in [-0.05, 0) is 51.5 Å². The second kappa shape index (κ2) is 6.01. The van der Waals surface area contributed by atoms with Crippen LogP contribution in [0.15, 0.2) is 18.2 Å². The zero-order chi connectivity index (χ0) is 18.4. The molecule has 0 spiro atoms. The van der Waals surface area contributed by atoms with Crippen molar-refractivity contribution in [1.82, 2.24) is 0 Å². The van der Waals surface area contributed by atoms with Crippen molar-refractivity contribution in [2.75, 3.05) is 5.32 Å². The molecule has 0 saturated heterocycles. The summed E-state index contributed by atoms with van der Waals surface area (Å²) < 4.78 is 5.80. The normalized spacial score (nSPS) is 15.1. The van der Waals surface area contributed by atoms with Crippen LogP contribution >= 0.6 is 11.3 Å². The Balaban J connectivity index is 1.90. The first kappa shape index (κ1) is 17.2. The van der Waals surface area contributed by atoms with Gasteiger partial charge in [0.25, 0.3) is 5.91 Å². The number of carbonyl (C=O) groups is 2. The Morgan fingerprint density at radius 2 is 2.08 bits per heavy atom. The number of Topliss-reactive ketones (excluding diaryl/α,β-unsaturated/α-hetero) is 1. The standard InChI is InChI=1S/C19H18N2O3S/c1-10-11(2)25-18(14(10)9-20)21-17(23)12-5-6-16-13(7-12)15(22)8-19(3,4)24-16/h5-7H,8H2,1-4H3,(H,21,23). The van der Waals surface area contributed by atoms with Crippen LogP contribution in [0.1, 0.15) is 57.0 Å². The van der Waals surface area contributed by atoms with Crippen LogP contribution in [0.2, 0.25) is 0 Å². The fourth-order valence-electron chi connectivity index (χ4n) is 2.82. The van der Waals surface area contributed by atoms with Crippen LogP contribution < -0.4 is 10.1 Å². The number of nitrogens with zero attached hydrogens (tertiary/aromatic N) is 1. The van der Waals surface area contributed by atoms with E-state index in [9.17, 15) is 14.9 Å². The number of carbonyl (C=O) groups excluding carboxylic acids is 2. The van der Waals surface area contributed by atoms with Crippen LogP contribution in [0, 0.1) is 25.2 Å². The molecular formula is C19H18N2O3S. The van der Waals surface area contributed by atoms with Gasteiger partial charge in [0.1, 0.15) is 22.4 Å². The molecule has 0 aliphatic carbocycles. The van der Waals surface area contributed by atoms with Gasteiger partial charge in [-0.2, -0.15) is 5.26 Å². The topological polar surface area (TPSA) is 79.2 Å². The monoisotopic (exact) mass is 354 g/mol. The molecule has 3 rings (SSSR count). The molecule has 0 bridgehead atoms. The Labute approximate surface area is 150 Å². The predicted molar refractivity (Wildman–Crippen MR) is 96.6 cm³/mol. The first-order valence-corrected chi connectivity index (χ1v) is 8.71. The summed E-state index contributed by atoms with van der Waals surface area (Å²) in [6, 6.07) is 6.97. The average molecular weight is 354 g/mol. The number of thiophene rings is 1. The van der Waals surface area contributed by atoms with E-state index < -0.39 is 5.60 Å². The zero-order valence-electron chi connectivity index (χ0n) is 14.5. The first-order chi connectivity index (χ1) is 11.7. The van der Waals surface area contributed by atoms with Gasteiger partial charge in [-0.25, -0.2) is 0 Å². The first-order valence-electron chi connectivity index (χ1n) is 7.89. The van der Waals surface area contributed by atoms with Crippen LogP contribution in [-0.4, -0.2) is 17.3 Å². The molecule has 1 amide bonds. The lowest BCUT2D eigenvalue weighted by molar-refractivity contribution is 0.0620. The molecule has 25 heavy (non-hydrogen) atoms. The molecule has 0 fully saturated rings. The second-order valence-electron chi connectivity index (χ2n) is 6.73. The lowest BCUT2D eigenvalue weighted by atomic mass is 9.92. The molecule has 2 aromatic rings. The van der Waals surface area contributed by atoms with Gasteiger partial charge in [0, 0.05) is 10.4 Å². The third-order valence-corrected chi connectivity index (χ3v) is 5.36. The van der Waals surface area contributed by atoms with E-state index in [2.05, 4.69) is 11.4 Å². The highest BCUT2D eigenvalue weighted by Crippen LogP contribution is 2.35. The number of aryl methyl sites for hydroxylation is 1. The summed E-state index contributed by atoms with van der Waals surface area (Å²) in [6.07, 6.45) is 0.271. The maximum Gasteiger partial charge on any atom is 0.256 e. The Morgan fingerprint density at radius 3 is 2.76 bits per heavy atom. The number of benzene rings is 1. The highest BCUT2D eigenvalue weighted by Gasteiger charge is 2.32. The Hall–Kier alpha value is -2.65. The summed E-state index contributed by atoms with van der Waals surface area (Å²) >= 11 is 1.37. The van der Waals surface area contributed by atoms with E-state index >= 15 is 0 Å². The largest absolute Gasteiger partial charge is 0.487 e. The number of ether oxygens (including phenoxy) is 1. The fourth-order valence-corrected chi connectivity index (χ4v) is 3.82. The van der Waals surface area contributed by atoms with E-state index in [-0.39, 0.29) is 18.1 Å². The van der Waals surface area contributed by atoms with Crippen molar-refractivity contribution in [3.8, 4) is 11.8 Å². The fraction of sp³-hybridized carbons (Fsp3) is 0.316. The summed E-state index contributed by atoms with van der Waals surface area (Å²) in [6.45, 7) is 7.49. The SMILES string of the molecule is Cc1sc(NC(=O)c2ccc3c(c2)C(=O)CC(C)(C)O3)c(C#N)c1C. The molecule has 0 unspecified atom stereocenters. The van der Waals surface area contributed by atoms with Gasteiger partial charge in [-0.3, -0.25) is 9.59 Å². The number of hydrogen-bond donors (Lipinski definition) is 1. The molecule has 1 N–H and O–H groups in total. The number of rotatable bonds is 2. The van der Waals surface area contributed by atoms with Crippen molar-refractivity contribution >= 4 is 28.0 Å². The van der Waals surface area contributed by atoms with Gasteiger partial charge >= 0.3 is 0 Å². The van der Waals surface area contributed by atoms with Gasteiger partial charge < -0.3 is 10.1 Å². The minimum absolute atomic E-state index is 0.0403. The molecular weight excluding hydrogens is 336 g/mol. The third kappa shape index (κ3) is 3.15. The minimum atomic E-state index is -0.540. The van der Waals surface area contributed by atoms with E-state index in [0.717, 1.165) is 10.4 Å². The van der Waals surface area contributed by atoms with Crippen LogP contribution in [0.4, 0.5) is 5.00 Å². The Morgan fingerprint density at radius 1 is 1.36 bits per heavy atom. The van der Waals surface area contributed by atoms with Crippen molar-refractivity contribution < 1.29 is 14.3 Å². The number of nitrogens with one attached hydrogen (secondary N) is 1. The highest BCUT2D eigenvalue weighted by molar-refractivity contribution is 7.16. The summed E-state index contributed by atoms with van der Waals surface area (Å²) in [5.74, 6) is 0.109. The number of fused-ring (bicyclic) bond motifs is 1. The Bertz CT molecular complexity index is 935. The number of anilines is 1. The van der Waals surface area contributed by atoms with E-state index in [0.29, 0.717) is 27.4 Å². The molecule has 0 saturated carbocycles. The van der Waals surface area contributed by atoms with Gasteiger partial charge in [0.15, 0.2) is 5.78 Å². The molecule has 2 heterocycles. The molecule has 128 valence electrons. The highest BCUT2D eigenvalue weighted by atomic mass is 32.1. The smallest absolute Gasteiger partial charge is 0.256 e. The molecule has 1 aliphatic rings. The molecule has 0 radical (unpaired) electrons. The van der Waals surface area contributed by atoms with Crippen molar-refractivity contribution in [2.45, 2.75) is 39.7 Å². The minimum Gasteiger partial charge on any atom is -0.487 e. The number of ketones is 1. The lowest BCUT2D eigenvalue weighted by Crippen LogP contribution is -2.36. The lowest BCUT2D eigenvalue weighted by Gasteiger charge is -2.31. The summed E-state index contributed by atoms with van der Waals surface area (Å²) in [4.78, 5) is 25.9. The quantitative estimate of drug-likeness (QED) is 0.875. The summed E-state index contributed by atoms with van der Waals surface area (Å²) in [5, 5.41) is 12.6. The number of amides is 1. The third-order valence-electron chi connectivity index (χ3n) is 4.24. The van der Waals surface area contributed by atoms with Gasteiger partial charge in [-0.1, -0.05) is 0 Å². The average Bonchev–Trinajstić information content (AvgIpc) is 2.79. The summed E-state index contributed by atoms with van der Waals surface area (Å²) in [7, 11) is 0. The zero-order valence-corrected chi connectivity index (χ0v) is 15.3. The van der Waals surface area contributed by atoms with Crippen molar-refractivity contribution in [2.24, 2.45) is 0 Å². The van der Waals surface area contributed by atoms with Crippen molar-refractivity contribution in [3.63, 3.8) is 0 Å². The Kier molecular flexibility index (Phi) is 4.13. The molecule has 1 aromatic heterocycles. The number of nitriles is 1.